The maximum Gasteiger partial charge on any atom is 0.142 e. The molecule has 1 nitrogen and oxygen atoms in total. The zero-order valence-corrected chi connectivity index (χ0v) is 12.3. The summed E-state index contributed by atoms with van der Waals surface area (Å²) in [5, 5.41) is 3.32. The van der Waals surface area contributed by atoms with Crippen molar-refractivity contribution in [3.63, 3.8) is 0 Å². The SMILES string of the molecule is CCCNC1CCC(C)c2c(F)cc(Br)c(F)c21. The average molecular weight is 318 g/mol. The van der Waals surface area contributed by atoms with Crippen LogP contribution in [-0.2, 0) is 0 Å². The van der Waals surface area contributed by atoms with Gasteiger partial charge in [0, 0.05) is 11.6 Å². The molecule has 0 aliphatic heterocycles. The van der Waals surface area contributed by atoms with E-state index in [-0.39, 0.29) is 28.1 Å². The van der Waals surface area contributed by atoms with Gasteiger partial charge in [-0.15, -0.1) is 0 Å². The molecule has 1 aliphatic carbocycles. The zero-order valence-electron chi connectivity index (χ0n) is 10.7. The van der Waals surface area contributed by atoms with E-state index in [4.69, 9.17) is 0 Å². The van der Waals surface area contributed by atoms with E-state index in [9.17, 15) is 8.78 Å². The van der Waals surface area contributed by atoms with Crippen molar-refractivity contribution in [2.45, 2.75) is 45.1 Å². The second-order valence-electron chi connectivity index (χ2n) is 4.97. The molecule has 0 spiro atoms. The maximum atomic E-state index is 14.3. The van der Waals surface area contributed by atoms with Gasteiger partial charge < -0.3 is 5.32 Å². The van der Waals surface area contributed by atoms with Gasteiger partial charge in [-0.05, 0) is 59.3 Å². The average Bonchev–Trinajstić information content (AvgIpc) is 2.34. The van der Waals surface area contributed by atoms with Crippen LogP contribution in [-0.4, -0.2) is 6.54 Å². The van der Waals surface area contributed by atoms with E-state index in [1.807, 2.05) is 6.92 Å². The lowest BCUT2D eigenvalue weighted by molar-refractivity contribution is 0.399. The van der Waals surface area contributed by atoms with Crippen LogP contribution in [0.5, 0.6) is 0 Å². The van der Waals surface area contributed by atoms with Gasteiger partial charge >= 0.3 is 0 Å². The highest BCUT2D eigenvalue weighted by atomic mass is 79.9. The number of nitrogens with one attached hydrogen (secondary N) is 1. The van der Waals surface area contributed by atoms with Crippen LogP contribution >= 0.6 is 15.9 Å². The first-order chi connectivity index (χ1) is 8.56. The maximum absolute atomic E-state index is 14.3. The van der Waals surface area contributed by atoms with Gasteiger partial charge in [-0.3, -0.25) is 0 Å². The number of hydrogen-bond acceptors (Lipinski definition) is 1. The molecular weight excluding hydrogens is 300 g/mol. The molecule has 1 aromatic rings. The van der Waals surface area contributed by atoms with Crippen molar-refractivity contribution in [3.05, 3.63) is 33.3 Å². The second kappa shape index (κ2) is 5.66. The van der Waals surface area contributed by atoms with Crippen LogP contribution in [0.25, 0.3) is 0 Å². The molecular formula is C14H18BrF2N. The fourth-order valence-electron chi connectivity index (χ4n) is 2.70. The van der Waals surface area contributed by atoms with E-state index in [2.05, 4.69) is 28.2 Å². The first-order valence-corrected chi connectivity index (χ1v) is 7.26. The number of fused-ring (bicyclic) bond motifs is 1. The fourth-order valence-corrected chi connectivity index (χ4v) is 3.11. The normalized spacial score (nSPS) is 22.9. The van der Waals surface area contributed by atoms with Gasteiger partial charge in [-0.1, -0.05) is 13.8 Å². The van der Waals surface area contributed by atoms with Crippen LogP contribution in [0.2, 0.25) is 0 Å². The predicted molar refractivity (Wildman–Crippen MR) is 72.7 cm³/mol. The standard InChI is InChI=1S/C14H18BrF2N/c1-3-6-18-11-5-4-8(2)12-10(16)7-9(15)14(17)13(11)12/h7-8,11,18H,3-6H2,1-2H3. The molecule has 2 rings (SSSR count). The van der Waals surface area contributed by atoms with Crippen LogP contribution < -0.4 is 5.32 Å². The van der Waals surface area contributed by atoms with Crippen molar-refractivity contribution in [2.24, 2.45) is 0 Å². The Bertz CT molecular complexity index is 448. The summed E-state index contributed by atoms with van der Waals surface area (Å²) in [5.74, 6) is -0.525. The smallest absolute Gasteiger partial charge is 0.142 e. The molecule has 2 atom stereocenters. The highest BCUT2D eigenvalue weighted by molar-refractivity contribution is 9.10. The highest BCUT2D eigenvalue weighted by Gasteiger charge is 2.31. The van der Waals surface area contributed by atoms with Crippen LogP contribution in [0, 0.1) is 11.6 Å². The molecule has 0 bridgehead atoms. The lowest BCUT2D eigenvalue weighted by Crippen LogP contribution is -2.28. The molecule has 1 N–H and O–H groups in total. The van der Waals surface area contributed by atoms with Crippen LogP contribution in [0.15, 0.2) is 10.5 Å². The molecule has 0 saturated heterocycles. The Balaban J connectivity index is 2.48. The van der Waals surface area contributed by atoms with E-state index >= 15 is 0 Å². The summed E-state index contributed by atoms with van der Waals surface area (Å²) in [6.07, 6.45) is 2.74. The van der Waals surface area contributed by atoms with Gasteiger partial charge in [-0.25, -0.2) is 8.78 Å². The summed E-state index contributed by atoms with van der Waals surface area (Å²) in [6.45, 7) is 4.86. The van der Waals surface area contributed by atoms with Gasteiger partial charge in [0.25, 0.3) is 0 Å². The quantitative estimate of drug-likeness (QED) is 0.799. The summed E-state index contributed by atoms with van der Waals surface area (Å²) < 4.78 is 28.5. The largest absolute Gasteiger partial charge is 0.310 e. The Morgan fingerprint density at radius 3 is 2.72 bits per heavy atom. The predicted octanol–water partition coefficient (Wildman–Crippen LogP) is 4.67. The molecule has 0 saturated carbocycles. The van der Waals surface area contributed by atoms with Gasteiger partial charge in [0.15, 0.2) is 0 Å². The molecule has 0 heterocycles. The summed E-state index contributed by atoms with van der Waals surface area (Å²) in [7, 11) is 0. The molecule has 0 fully saturated rings. The van der Waals surface area contributed by atoms with Crippen molar-refractivity contribution in [3.8, 4) is 0 Å². The van der Waals surface area contributed by atoms with E-state index in [1.165, 1.54) is 6.07 Å². The lowest BCUT2D eigenvalue weighted by atomic mass is 9.80. The van der Waals surface area contributed by atoms with Crippen LogP contribution in [0.1, 0.15) is 56.2 Å². The summed E-state index contributed by atoms with van der Waals surface area (Å²) in [4.78, 5) is 0. The van der Waals surface area contributed by atoms with Crippen molar-refractivity contribution in [2.75, 3.05) is 6.54 Å². The monoisotopic (exact) mass is 317 g/mol. The van der Waals surface area contributed by atoms with E-state index < -0.39 is 0 Å². The third-order valence-electron chi connectivity index (χ3n) is 3.62. The van der Waals surface area contributed by atoms with Gasteiger partial charge in [0.1, 0.15) is 11.6 Å². The first-order valence-electron chi connectivity index (χ1n) is 6.46. The minimum atomic E-state index is -0.313. The summed E-state index contributed by atoms with van der Waals surface area (Å²) in [5.41, 5.74) is 1.07. The number of halogens is 3. The Kier molecular flexibility index (Phi) is 4.38. The Labute approximate surface area is 115 Å². The molecule has 0 radical (unpaired) electrons. The summed E-state index contributed by atoms with van der Waals surface area (Å²) >= 11 is 3.10. The molecule has 100 valence electrons. The first kappa shape index (κ1) is 13.9. The van der Waals surface area contributed by atoms with Gasteiger partial charge in [-0.2, -0.15) is 0 Å². The van der Waals surface area contributed by atoms with Crippen LogP contribution in [0.4, 0.5) is 8.78 Å². The van der Waals surface area contributed by atoms with Gasteiger partial charge in [0.05, 0.1) is 4.47 Å². The minimum Gasteiger partial charge on any atom is -0.310 e. The topological polar surface area (TPSA) is 12.0 Å². The third kappa shape index (κ3) is 2.45. The van der Waals surface area contributed by atoms with E-state index in [0.717, 1.165) is 25.8 Å². The zero-order chi connectivity index (χ0) is 13.3. The third-order valence-corrected chi connectivity index (χ3v) is 4.19. The minimum absolute atomic E-state index is 0.0665. The Hall–Kier alpha value is -0.480. The summed E-state index contributed by atoms with van der Waals surface area (Å²) in [6, 6.07) is 1.18. The van der Waals surface area contributed by atoms with E-state index in [0.29, 0.717) is 11.1 Å². The fraction of sp³-hybridized carbons (Fsp3) is 0.571. The Morgan fingerprint density at radius 2 is 2.06 bits per heavy atom. The van der Waals surface area contributed by atoms with Crippen molar-refractivity contribution >= 4 is 15.9 Å². The molecule has 18 heavy (non-hydrogen) atoms. The van der Waals surface area contributed by atoms with Gasteiger partial charge in [0.2, 0.25) is 0 Å². The highest BCUT2D eigenvalue weighted by Crippen LogP contribution is 2.42. The Morgan fingerprint density at radius 1 is 1.33 bits per heavy atom. The van der Waals surface area contributed by atoms with Crippen molar-refractivity contribution < 1.29 is 8.78 Å². The molecule has 4 heteroatoms. The van der Waals surface area contributed by atoms with Crippen molar-refractivity contribution in [1.29, 1.82) is 0 Å². The number of rotatable bonds is 3. The van der Waals surface area contributed by atoms with E-state index in [1.54, 1.807) is 0 Å². The number of benzene rings is 1. The molecule has 1 aromatic carbocycles. The van der Waals surface area contributed by atoms with Crippen LogP contribution in [0.3, 0.4) is 0 Å². The molecule has 0 amide bonds. The second-order valence-corrected chi connectivity index (χ2v) is 5.82. The molecule has 0 aromatic heterocycles. The van der Waals surface area contributed by atoms with Crippen molar-refractivity contribution in [1.82, 2.24) is 5.32 Å². The number of hydrogen-bond donors (Lipinski definition) is 1. The lowest BCUT2D eigenvalue weighted by Gasteiger charge is -2.31. The molecule has 2 unspecified atom stereocenters. The molecule has 1 aliphatic rings.